The second-order valence-electron chi connectivity index (χ2n) is 5.23. The van der Waals surface area contributed by atoms with Crippen LogP contribution in [0.4, 0.5) is 0 Å². The molecule has 2 aromatic rings. The molecule has 0 saturated carbocycles. The van der Waals surface area contributed by atoms with E-state index >= 15 is 0 Å². The third-order valence-corrected chi connectivity index (χ3v) is 3.43. The number of pyridine rings is 1. The highest BCUT2D eigenvalue weighted by atomic mass is 16.5. The summed E-state index contributed by atoms with van der Waals surface area (Å²) in [6, 6.07) is 9.41. The van der Waals surface area contributed by atoms with Crippen LogP contribution in [0.25, 0.3) is 6.08 Å². The number of aromatic nitrogens is 1. The maximum Gasteiger partial charge on any atom is 0.246 e. The van der Waals surface area contributed by atoms with E-state index in [9.17, 15) is 4.79 Å². The monoisotopic (exact) mass is 326 g/mol. The van der Waals surface area contributed by atoms with Gasteiger partial charge in [0.05, 0.1) is 13.7 Å². The third-order valence-electron chi connectivity index (χ3n) is 3.43. The Labute approximate surface area is 142 Å². The lowest BCUT2D eigenvalue weighted by atomic mass is 10.2. The molecule has 0 N–H and O–H groups in total. The van der Waals surface area contributed by atoms with E-state index in [4.69, 9.17) is 9.47 Å². The van der Waals surface area contributed by atoms with Crippen LogP contribution in [0, 0.1) is 0 Å². The molecule has 0 unspecified atom stereocenters. The molecule has 0 spiro atoms. The Morgan fingerprint density at radius 2 is 2.12 bits per heavy atom. The van der Waals surface area contributed by atoms with Crippen LogP contribution >= 0.6 is 0 Å². The fourth-order valence-corrected chi connectivity index (χ4v) is 2.21. The zero-order chi connectivity index (χ0) is 17.4. The first-order valence-electron chi connectivity index (χ1n) is 7.77. The molecule has 126 valence electrons. The Hall–Kier alpha value is -2.82. The smallest absolute Gasteiger partial charge is 0.246 e. The Morgan fingerprint density at radius 3 is 2.79 bits per heavy atom. The van der Waals surface area contributed by atoms with Gasteiger partial charge < -0.3 is 14.4 Å². The van der Waals surface area contributed by atoms with Gasteiger partial charge in [-0.05, 0) is 42.3 Å². The Kier molecular flexibility index (Phi) is 6.37. The first kappa shape index (κ1) is 17.5. The molecule has 0 radical (unpaired) electrons. The summed E-state index contributed by atoms with van der Waals surface area (Å²) in [6.45, 7) is 2.99. The number of benzene rings is 1. The van der Waals surface area contributed by atoms with Crippen molar-refractivity contribution in [1.29, 1.82) is 0 Å². The molecule has 5 nitrogen and oxygen atoms in total. The first-order valence-corrected chi connectivity index (χ1v) is 7.77. The summed E-state index contributed by atoms with van der Waals surface area (Å²) in [5, 5.41) is 0. The van der Waals surface area contributed by atoms with Gasteiger partial charge in [0.25, 0.3) is 0 Å². The van der Waals surface area contributed by atoms with Gasteiger partial charge >= 0.3 is 0 Å². The molecule has 0 saturated heterocycles. The van der Waals surface area contributed by atoms with Gasteiger partial charge in [0.15, 0.2) is 11.5 Å². The van der Waals surface area contributed by atoms with Crippen LogP contribution in [0.2, 0.25) is 0 Å². The van der Waals surface area contributed by atoms with Crippen molar-refractivity contribution < 1.29 is 14.3 Å². The molecule has 24 heavy (non-hydrogen) atoms. The van der Waals surface area contributed by atoms with Crippen molar-refractivity contribution in [3.05, 3.63) is 59.9 Å². The summed E-state index contributed by atoms with van der Waals surface area (Å²) >= 11 is 0. The van der Waals surface area contributed by atoms with Crippen LogP contribution in [-0.2, 0) is 11.3 Å². The zero-order valence-corrected chi connectivity index (χ0v) is 14.2. The van der Waals surface area contributed by atoms with Crippen LogP contribution in [0.15, 0.2) is 48.8 Å². The van der Waals surface area contributed by atoms with E-state index in [2.05, 4.69) is 4.98 Å². The molecular formula is C19H22N2O3. The van der Waals surface area contributed by atoms with Crippen LogP contribution in [0.3, 0.4) is 0 Å². The van der Waals surface area contributed by atoms with Crippen LogP contribution in [0.5, 0.6) is 11.5 Å². The summed E-state index contributed by atoms with van der Waals surface area (Å²) in [6.07, 6.45) is 6.71. The number of amides is 1. The number of carbonyl (C=O) groups is 1. The standard InChI is InChI=1S/C19H22N2O3/c1-4-24-17-9-7-16(12-18(17)23-3)14-21(2)19(22)10-8-15-6-5-11-20-13-15/h5-13H,4,14H2,1-3H3/b10-8+. The van der Waals surface area contributed by atoms with Crippen LogP contribution in [-0.4, -0.2) is 36.6 Å². The maximum absolute atomic E-state index is 12.2. The van der Waals surface area contributed by atoms with E-state index in [-0.39, 0.29) is 5.91 Å². The van der Waals surface area contributed by atoms with Gasteiger partial charge in [-0.25, -0.2) is 0 Å². The number of nitrogens with zero attached hydrogens (tertiary/aromatic N) is 2. The first-order chi connectivity index (χ1) is 11.6. The van der Waals surface area contributed by atoms with Crippen molar-refractivity contribution in [3.63, 3.8) is 0 Å². The molecule has 0 aliphatic heterocycles. The van der Waals surface area contributed by atoms with Gasteiger partial charge in [-0.2, -0.15) is 0 Å². The SMILES string of the molecule is CCOc1ccc(CN(C)C(=O)/C=C/c2cccnc2)cc1OC. The highest BCUT2D eigenvalue weighted by molar-refractivity contribution is 5.91. The molecule has 5 heteroatoms. The summed E-state index contributed by atoms with van der Waals surface area (Å²) in [5.41, 5.74) is 1.86. The van der Waals surface area contributed by atoms with Gasteiger partial charge in [-0.15, -0.1) is 0 Å². The summed E-state index contributed by atoms with van der Waals surface area (Å²) in [7, 11) is 3.37. The van der Waals surface area contributed by atoms with Crippen molar-refractivity contribution in [1.82, 2.24) is 9.88 Å². The molecule has 1 aromatic heterocycles. The predicted octanol–water partition coefficient (Wildman–Crippen LogP) is 3.16. The minimum Gasteiger partial charge on any atom is -0.493 e. The number of rotatable bonds is 7. The summed E-state index contributed by atoms with van der Waals surface area (Å²) in [5.74, 6) is 1.29. The third kappa shape index (κ3) is 4.84. The summed E-state index contributed by atoms with van der Waals surface area (Å²) < 4.78 is 10.8. The Morgan fingerprint density at radius 1 is 1.29 bits per heavy atom. The highest BCUT2D eigenvalue weighted by Crippen LogP contribution is 2.28. The van der Waals surface area contributed by atoms with Crippen molar-refractivity contribution in [2.45, 2.75) is 13.5 Å². The van der Waals surface area contributed by atoms with Gasteiger partial charge in [0, 0.05) is 32.1 Å². The maximum atomic E-state index is 12.2. The van der Waals surface area contributed by atoms with Crippen molar-refractivity contribution in [2.75, 3.05) is 20.8 Å². The number of hydrogen-bond acceptors (Lipinski definition) is 4. The van der Waals surface area contributed by atoms with E-state index in [1.807, 2.05) is 37.3 Å². The van der Waals surface area contributed by atoms with E-state index in [0.29, 0.717) is 24.7 Å². The van der Waals surface area contributed by atoms with E-state index < -0.39 is 0 Å². The molecule has 2 rings (SSSR count). The van der Waals surface area contributed by atoms with E-state index in [1.165, 1.54) is 0 Å². The molecule has 0 fully saturated rings. The number of likely N-dealkylation sites (N-methyl/N-ethyl adjacent to an activating group) is 1. The quantitative estimate of drug-likeness (QED) is 0.734. The normalized spacial score (nSPS) is 10.6. The zero-order valence-electron chi connectivity index (χ0n) is 14.2. The molecule has 0 aliphatic carbocycles. The van der Waals surface area contributed by atoms with E-state index in [0.717, 1.165) is 11.1 Å². The predicted molar refractivity (Wildman–Crippen MR) is 93.9 cm³/mol. The van der Waals surface area contributed by atoms with Crippen LogP contribution in [0.1, 0.15) is 18.1 Å². The highest BCUT2D eigenvalue weighted by Gasteiger charge is 2.09. The molecule has 0 bridgehead atoms. The Balaban J connectivity index is 2.02. The van der Waals surface area contributed by atoms with Crippen LogP contribution < -0.4 is 9.47 Å². The lowest BCUT2D eigenvalue weighted by Crippen LogP contribution is -2.24. The molecule has 1 heterocycles. The fraction of sp³-hybridized carbons (Fsp3) is 0.263. The fourth-order valence-electron chi connectivity index (χ4n) is 2.21. The number of methoxy groups -OCH3 is 1. The van der Waals surface area contributed by atoms with Gasteiger partial charge in [-0.1, -0.05) is 12.1 Å². The van der Waals surface area contributed by atoms with Crippen molar-refractivity contribution >= 4 is 12.0 Å². The number of ether oxygens (including phenoxy) is 2. The second kappa shape index (κ2) is 8.72. The summed E-state index contributed by atoms with van der Waals surface area (Å²) in [4.78, 5) is 17.9. The van der Waals surface area contributed by atoms with Gasteiger partial charge in [0.1, 0.15) is 0 Å². The van der Waals surface area contributed by atoms with Crippen molar-refractivity contribution in [3.8, 4) is 11.5 Å². The lowest BCUT2D eigenvalue weighted by molar-refractivity contribution is -0.125. The minimum atomic E-state index is -0.0771. The lowest BCUT2D eigenvalue weighted by Gasteiger charge is -2.17. The van der Waals surface area contributed by atoms with Gasteiger partial charge in [0.2, 0.25) is 5.91 Å². The second-order valence-corrected chi connectivity index (χ2v) is 5.23. The van der Waals surface area contributed by atoms with E-state index in [1.54, 1.807) is 43.6 Å². The molecule has 0 atom stereocenters. The topological polar surface area (TPSA) is 51.7 Å². The number of hydrogen-bond donors (Lipinski definition) is 0. The average molecular weight is 326 g/mol. The Bertz CT molecular complexity index is 699. The van der Waals surface area contributed by atoms with Crippen molar-refractivity contribution in [2.24, 2.45) is 0 Å². The molecular weight excluding hydrogens is 304 g/mol. The van der Waals surface area contributed by atoms with Gasteiger partial charge in [-0.3, -0.25) is 9.78 Å². The largest absolute Gasteiger partial charge is 0.493 e. The molecule has 1 amide bonds. The average Bonchev–Trinajstić information content (AvgIpc) is 2.61. The molecule has 0 aliphatic rings. The molecule has 1 aromatic carbocycles. The number of carbonyl (C=O) groups excluding carboxylic acids is 1. The minimum absolute atomic E-state index is 0.0771.